The van der Waals surface area contributed by atoms with Gasteiger partial charge < -0.3 is 10.1 Å². The fourth-order valence-corrected chi connectivity index (χ4v) is 4.72. The van der Waals surface area contributed by atoms with E-state index in [0.29, 0.717) is 16.8 Å². The molecule has 0 aliphatic carbocycles. The van der Waals surface area contributed by atoms with E-state index >= 15 is 0 Å². The summed E-state index contributed by atoms with van der Waals surface area (Å²) in [5.74, 6) is -0.0583. The number of carbonyl (C=O) groups excluding carboxylic acids is 1. The molecular formula is C20H23N5O3S2. The van der Waals surface area contributed by atoms with Crippen molar-refractivity contribution >= 4 is 34.1 Å². The first-order valence-electron chi connectivity index (χ1n) is 9.86. The summed E-state index contributed by atoms with van der Waals surface area (Å²) in [4.78, 5) is 28.9. The molecule has 3 heterocycles. The fourth-order valence-electron chi connectivity index (χ4n) is 3.23. The Balaban J connectivity index is 1.33. The third-order valence-electron chi connectivity index (χ3n) is 4.87. The number of thioether (sulfide) groups is 1. The van der Waals surface area contributed by atoms with E-state index in [-0.39, 0.29) is 23.5 Å². The van der Waals surface area contributed by atoms with E-state index < -0.39 is 0 Å². The zero-order chi connectivity index (χ0) is 20.9. The van der Waals surface area contributed by atoms with Crippen LogP contribution < -0.4 is 11.0 Å². The van der Waals surface area contributed by atoms with Gasteiger partial charge in [-0.25, -0.2) is 14.9 Å². The molecule has 1 saturated heterocycles. The summed E-state index contributed by atoms with van der Waals surface area (Å²) in [7, 11) is 0. The molecule has 2 aromatic heterocycles. The number of aryl methyl sites for hydroxylation is 1. The Bertz CT molecular complexity index is 1050. The highest BCUT2D eigenvalue weighted by Gasteiger charge is 2.20. The molecule has 1 unspecified atom stereocenters. The van der Waals surface area contributed by atoms with Gasteiger partial charge in [-0.15, -0.1) is 16.4 Å². The molecule has 0 spiro atoms. The second kappa shape index (κ2) is 9.59. The highest BCUT2D eigenvalue weighted by molar-refractivity contribution is 7.99. The predicted octanol–water partition coefficient (Wildman–Crippen LogP) is 3.17. The van der Waals surface area contributed by atoms with Crippen molar-refractivity contribution in [3.05, 3.63) is 45.7 Å². The lowest BCUT2D eigenvalue weighted by Gasteiger charge is -2.10. The highest BCUT2D eigenvalue weighted by atomic mass is 32.2. The van der Waals surface area contributed by atoms with Crippen LogP contribution in [-0.4, -0.2) is 44.1 Å². The molecule has 30 heavy (non-hydrogen) atoms. The number of aromatic nitrogens is 4. The molecule has 3 aromatic rings. The van der Waals surface area contributed by atoms with Crippen molar-refractivity contribution in [2.45, 2.75) is 44.0 Å². The predicted molar refractivity (Wildman–Crippen MR) is 118 cm³/mol. The number of nitrogens with zero attached hydrogens (tertiary/aromatic N) is 3. The summed E-state index contributed by atoms with van der Waals surface area (Å²) in [5.41, 5.74) is 2.85. The molecule has 0 radical (unpaired) electrons. The number of hydrogen-bond acceptors (Lipinski definition) is 7. The van der Waals surface area contributed by atoms with Crippen molar-refractivity contribution in [1.29, 1.82) is 0 Å². The average Bonchev–Trinajstić information content (AvgIpc) is 3.50. The maximum Gasteiger partial charge on any atom is 0.344 e. The zero-order valence-electron chi connectivity index (χ0n) is 16.6. The number of nitrogens with one attached hydrogen (secondary N) is 2. The van der Waals surface area contributed by atoms with Gasteiger partial charge in [-0.05, 0) is 24.8 Å². The van der Waals surface area contributed by atoms with Crippen molar-refractivity contribution < 1.29 is 9.53 Å². The lowest BCUT2D eigenvalue weighted by atomic mass is 10.1. The van der Waals surface area contributed by atoms with Crippen LogP contribution in [0.15, 0.2) is 39.6 Å². The van der Waals surface area contributed by atoms with Crippen molar-refractivity contribution in [2.75, 3.05) is 17.7 Å². The van der Waals surface area contributed by atoms with Crippen LogP contribution in [0.4, 0.5) is 5.13 Å². The van der Waals surface area contributed by atoms with Gasteiger partial charge in [0.2, 0.25) is 5.91 Å². The van der Waals surface area contributed by atoms with E-state index in [9.17, 15) is 9.59 Å². The highest BCUT2D eigenvalue weighted by Crippen LogP contribution is 2.26. The molecular weight excluding hydrogens is 422 g/mol. The summed E-state index contributed by atoms with van der Waals surface area (Å²) in [5, 5.41) is 12.3. The van der Waals surface area contributed by atoms with Crippen LogP contribution in [0.25, 0.3) is 11.3 Å². The maximum absolute atomic E-state index is 12.4. The summed E-state index contributed by atoms with van der Waals surface area (Å²) >= 11 is 2.60. The molecule has 0 saturated carbocycles. The zero-order valence-corrected chi connectivity index (χ0v) is 18.2. The SMILES string of the molecule is CCc1ccc(-c2csc(NC(=O)CSc3n[nH]c(=O)n3CC3CCCO3)n2)cc1. The minimum Gasteiger partial charge on any atom is -0.376 e. The number of anilines is 1. The van der Waals surface area contributed by atoms with Crippen molar-refractivity contribution in [3.63, 3.8) is 0 Å². The topological polar surface area (TPSA) is 102 Å². The Kier molecular flexibility index (Phi) is 6.66. The van der Waals surface area contributed by atoms with Crippen LogP contribution >= 0.6 is 23.1 Å². The summed E-state index contributed by atoms with van der Waals surface area (Å²) in [6.07, 6.45) is 2.94. The summed E-state index contributed by atoms with van der Waals surface area (Å²) < 4.78 is 7.13. The van der Waals surface area contributed by atoms with Crippen molar-refractivity contribution in [1.82, 2.24) is 19.7 Å². The van der Waals surface area contributed by atoms with E-state index in [1.165, 1.54) is 33.2 Å². The number of ether oxygens (including phenoxy) is 1. The van der Waals surface area contributed by atoms with Crippen LogP contribution in [-0.2, 0) is 22.5 Å². The lowest BCUT2D eigenvalue weighted by Crippen LogP contribution is -2.25. The molecule has 1 atom stereocenters. The monoisotopic (exact) mass is 445 g/mol. The van der Waals surface area contributed by atoms with Gasteiger partial charge in [-0.1, -0.05) is 43.0 Å². The number of H-pyrrole nitrogens is 1. The molecule has 1 fully saturated rings. The van der Waals surface area contributed by atoms with E-state index in [4.69, 9.17) is 4.74 Å². The van der Waals surface area contributed by atoms with Crippen LogP contribution in [0, 0.1) is 0 Å². The quantitative estimate of drug-likeness (QED) is 0.517. The molecule has 1 amide bonds. The molecule has 10 heteroatoms. The van der Waals surface area contributed by atoms with Crippen LogP contribution in [0.3, 0.4) is 0 Å². The number of aromatic amines is 1. The maximum atomic E-state index is 12.4. The average molecular weight is 446 g/mol. The Hall–Kier alpha value is -2.43. The van der Waals surface area contributed by atoms with Crippen molar-refractivity contribution in [3.8, 4) is 11.3 Å². The first-order valence-corrected chi connectivity index (χ1v) is 11.7. The van der Waals surface area contributed by atoms with Gasteiger partial charge in [0.15, 0.2) is 10.3 Å². The molecule has 1 aromatic carbocycles. The van der Waals surface area contributed by atoms with Crippen molar-refractivity contribution in [2.24, 2.45) is 0 Å². The Morgan fingerprint density at radius 2 is 2.23 bits per heavy atom. The molecule has 1 aliphatic heterocycles. The Morgan fingerprint density at radius 3 is 2.97 bits per heavy atom. The number of benzene rings is 1. The van der Waals surface area contributed by atoms with Gasteiger partial charge in [-0.2, -0.15) is 0 Å². The van der Waals surface area contributed by atoms with Gasteiger partial charge in [-0.3, -0.25) is 9.36 Å². The number of rotatable bonds is 8. The van der Waals surface area contributed by atoms with Gasteiger partial charge in [0.25, 0.3) is 0 Å². The van der Waals surface area contributed by atoms with Crippen LogP contribution in [0.2, 0.25) is 0 Å². The van der Waals surface area contributed by atoms with E-state index in [1.54, 1.807) is 0 Å². The van der Waals surface area contributed by atoms with E-state index in [0.717, 1.165) is 37.1 Å². The van der Waals surface area contributed by atoms with E-state index in [1.807, 2.05) is 17.5 Å². The first-order chi connectivity index (χ1) is 14.6. The number of carbonyl (C=O) groups is 1. The molecule has 4 rings (SSSR count). The first kappa shape index (κ1) is 20.8. The number of thiazole rings is 1. The summed E-state index contributed by atoms with van der Waals surface area (Å²) in [6, 6.07) is 8.26. The van der Waals surface area contributed by atoms with Crippen LogP contribution in [0.1, 0.15) is 25.3 Å². The standard InChI is InChI=1S/C20H23N5O3S2/c1-2-13-5-7-14(8-6-13)16-11-29-18(21-16)22-17(26)12-30-20-24-23-19(27)25(20)10-15-4-3-9-28-15/h5-8,11,15H,2-4,9-10,12H2,1H3,(H,23,27)(H,21,22,26). The second-order valence-corrected chi connectivity index (χ2v) is 8.78. The molecule has 8 nitrogen and oxygen atoms in total. The number of hydrogen-bond donors (Lipinski definition) is 2. The number of amides is 1. The largest absolute Gasteiger partial charge is 0.376 e. The van der Waals surface area contributed by atoms with E-state index in [2.05, 4.69) is 39.6 Å². The third kappa shape index (κ3) is 5.00. The van der Waals surface area contributed by atoms with Gasteiger partial charge in [0, 0.05) is 17.6 Å². The lowest BCUT2D eigenvalue weighted by molar-refractivity contribution is -0.113. The molecule has 1 aliphatic rings. The normalized spacial score (nSPS) is 16.1. The second-order valence-electron chi connectivity index (χ2n) is 6.98. The van der Waals surface area contributed by atoms with Crippen LogP contribution in [0.5, 0.6) is 0 Å². The smallest absolute Gasteiger partial charge is 0.344 e. The molecule has 0 bridgehead atoms. The Labute approximate surface area is 182 Å². The van der Waals surface area contributed by atoms with Gasteiger partial charge >= 0.3 is 5.69 Å². The molecule has 158 valence electrons. The minimum atomic E-state index is -0.285. The summed E-state index contributed by atoms with van der Waals surface area (Å²) in [6.45, 7) is 3.29. The Morgan fingerprint density at radius 1 is 1.40 bits per heavy atom. The fraction of sp³-hybridized carbons (Fsp3) is 0.400. The third-order valence-corrected chi connectivity index (χ3v) is 6.61. The van der Waals surface area contributed by atoms with Gasteiger partial charge in [0.1, 0.15) is 0 Å². The minimum absolute atomic E-state index is 0.0219. The molecule has 2 N–H and O–H groups in total. The van der Waals surface area contributed by atoms with Gasteiger partial charge in [0.05, 0.1) is 24.1 Å².